The van der Waals surface area contributed by atoms with E-state index in [0.29, 0.717) is 0 Å². The van der Waals surface area contributed by atoms with Crippen LogP contribution < -0.4 is 0 Å². The molecular weight excluding hydrogens is 168 g/mol. The Hall–Kier alpha value is -0.230. The van der Waals surface area contributed by atoms with Crippen LogP contribution in [-0.4, -0.2) is 0 Å². The first-order chi connectivity index (χ1) is 5.56. The summed E-state index contributed by atoms with van der Waals surface area (Å²) in [4.78, 5) is 0. The van der Waals surface area contributed by atoms with Crippen molar-refractivity contribution in [1.29, 1.82) is 0 Å². The van der Waals surface area contributed by atoms with Gasteiger partial charge in [-0.25, -0.2) is 0 Å². The number of halogens is 1. The molecule has 0 unspecified atom stereocenters. The van der Waals surface area contributed by atoms with E-state index in [1.807, 2.05) is 13.0 Å². The zero-order valence-electron chi connectivity index (χ0n) is 8.52. The van der Waals surface area contributed by atoms with Crippen LogP contribution in [0.3, 0.4) is 0 Å². The van der Waals surface area contributed by atoms with Gasteiger partial charge in [-0.1, -0.05) is 44.0 Å². The summed E-state index contributed by atoms with van der Waals surface area (Å²) in [6.45, 7) is 8.56. The highest BCUT2D eigenvalue weighted by Crippen LogP contribution is 2.14. The van der Waals surface area contributed by atoms with E-state index < -0.39 is 0 Å². The first-order valence-corrected chi connectivity index (χ1v) is 4.95. The average molecular weight is 187 g/mol. The lowest BCUT2D eigenvalue weighted by molar-refractivity contribution is 0.630. The Morgan fingerprint density at radius 2 is 1.92 bits per heavy atom. The molecule has 0 spiro atoms. The summed E-state index contributed by atoms with van der Waals surface area (Å²) in [5.41, 5.74) is 1.48. The molecule has 0 radical (unpaired) electrons. The van der Waals surface area contributed by atoms with Crippen LogP contribution in [0.5, 0.6) is 0 Å². The van der Waals surface area contributed by atoms with Crippen LogP contribution in [-0.2, 0) is 0 Å². The van der Waals surface area contributed by atoms with Crippen LogP contribution in [0.1, 0.15) is 40.5 Å². The SMILES string of the molecule is CC/C(=C\C=C(/C)Cl)CC(C)C. The number of allylic oxidation sites excluding steroid dienone is 4. The smallest absolute Gasteiger partial charge is 0.0149 e. The molecule has 0 aromatic heterocycles. The summed E-state index contributed by atoms with van der Waals surface area (Å²) < 4.78 is 0. The van der Waals surface area contributed by atoms with Crippen LogP contribution in [0.2, 0.25) is 0 Å². The van der Waals surface area contributed by atoms with Crippen LogP contribution in [0.4, 0.5) is 0 Å². The molecule has 0 aliphatic carbocycles. The van der Waals surface area contributed by atoms with Crippen molar-refractivity contribution in [2.24, 2.45) is 5.92 Å². The third kappa shape index (κ3) is 6.48. The number of rotatable bonds is 4. The first kappa shape index (κ1) is 11.8. The van der Waals surface area contributed by atoms with Gasteiger partial charge in [0.05, 0.1) is 0 Å². The van der Waals surface area contributed by atoms with Gasteiger partial charge in [-0.2, -0.15) is 0 Å². The maximum atomic E-state index is 5.73. The molecule has 0 bridgehead atoms. The monoisotopic (exact) mass is 186 g/mol. The lowest BCUT2D eigenvalue weighted by Gasteiger charge is -2.06. The van der Waals surface area contributed by atoms with E-state index in [1.165, 1.54) is 12.0 Å². The molecule has 0 amide bonds. The highest BCUT2D eigenvalue weighted by Gasteiger charge is 1.97. The van der Waals surface area contributed by atoms with Gasteiger partial charge in [0.1, 0.15) is 0 Å². The van der Waals surface area contributed by atoms with E-state index >= 15 is 0 Å². The zero-order valence-corrected chi connectivity index (χ0v) is 9.28. The molecule has 12 heavy (non-hydrogen) atoms. The van der Waals surface area contributed by atoms with E-state index in [0.717, 1.165) is 17.4 Å². The van der Waals surface area contributed by atoms with Gasteiger partial charge in [-0.15, -0.1) is 0 Å². The fraction of sp³-hybridized carbons (Fsp3) is 0.636. The fourth-order valence-electron chi connectivity index (χ4n) is 1.09. The fourth-order valence-corrected chi connectivity index (χ4v) is 1.15. The normalized spacial score (nSPS) is 14.2. The standard InChI is InChI=1S/C11H19Cl/c1-5-11(8-9(2)3)7-6-10(4)12/h6-7,9H,5,8H2,1-4H3/b10-6+,11-7+. The molecule has 0 N–H and O–H groups in total. The predicted octanol–water partition coefficient (Wildman–Crippen LogP) is 4.51. The zero-order chi connectivity index (χ0) is 9.56. The predicted molar refractivity (Wildman–Crippen MR) is 57.4 cm³/mol. The van der Waals surface area contributed by atoms with Crippen LogP contribution in [0.15, 0.2) is 22.8 Å². The first-order valence-electron chi connectivity index (χ1n) is 4.58. The molecule has 0 atom stereocenters. The molecule has 1 heteroatoms. The Kier molecular flexibility index (Phi) is 6.18. The Morgan fingerprint density at radius 1 is 1.33 bits per heavy atom. The van der Waals surface area contributed by atoms with Crippen molar-refractivity contribution >= 4 is 11.6 Å². The summed E-state index contributed by atoms with van der Waals surface area (Å²) in [5.74, 6) is 0.736. The highest BCUT2D eigenvalue weighted by molar-refractivity contribution is 6.29. The minimum atomic E-state index is 0.736. The lowest BCUT2D eigenvalue weighted by atomic mass is 10.0. The van der Waals surface area contributed by atoms with Crippen molar-refractivity contribution in [3.05, 3.63) is 22.8 Å². The Labute approximate surface area is 81.3 Å². The van der Waals surface area contributed by atoms with Crippen LogP contribution in [0.25, 0.3) is 0 Å². The van der Waals surface area contributed by atoms with Crippen molar-refractivity contribution < 1.29 is 0 Å². The third-order valence-electron chi connectivity index (χ3n) is 1.67. The quantitative estimate of drug-likeness (QED) is 0.567. The topological polar surface area (TPSA) is 0 Å². The van der Waals surface area contributed by atoms with Gasteiger partial charge in [-0.05, 0) is 31.8 Å². The largest absolute Gasteiger partial charge is 0.0895 e. The third-order valence-corrected chi connectivity index (χ3v) is 1.80. The average Bonchev–Trinajstić information content (AvgIpc) is 1.97. The van der Waals surface area contributed by atoms with E-state index in [4.69, 9.17) is 11.6 Å². The molecular formula is C11H19Cl. The minimum Gasteiger partial charge on any atom is -0.0895 e. The van der Waals surface area contributed by atoms with Gasteiger partial charge in [0.25, 0.3) is 0 Å². The Morgan fingerprint density at radius 3 is 2.25 bits per heavy atom. The van der Waals surface area contributed by atoms with Gasteiger partial charge in [0.15, 0.2) is 0 Å². The molecule has 0 aliphatic heterocycles. The van der Waals surface area contributed by atoms with Gasteiger partial charge in [0, 0.05) is 5.03 Å². The molecule has 0 heterocycles. The van der Waals surface area contributed by atoms with Crippen LogP contribution >= 0.6 is 11.6 Å². The Balaban J connectivity index is 4.14. The van der Waals surface area contributed by atoms with Crippen molar-refractivity contribution in [3.8, 4) is 0 Å². The van der Waals surface area contributed by atoms with Gasteiger partial charge in [0.2, 0.25) is 0 Å². The second-order valence-corrected chi connectivity index (χ2v) is 4.13. The van der Waals surface area contributed by atoms with E-state index in [1.54, 1.807) is 0 Å². The molecule has 0 saturated carbocycles. The summed E-state index contributed by atoms with van der Waals surface area (Å²) in [5, 5.41) is 0.852. The molecule has 0 rings (SSSR count). The number of hydrogen-bond acceptors (Lipinski definition) is 0. The molecule has 70 valence electrons. The molecule has 0 aromatic rings. The van der Waals surface area contributed by atoms with Crippen molar-refractivity contribution in [1.82, 2.24) is 0 Å². The van der Waals surface area contributed by atoms with Crippen molar-refractivity contribution in [2.75, 3.05) is 0 Å². The minimum absolute atomic E-state index is 0.736. The van der Waals surface area contributed by atoms with Gasteiger partial charge >= 0.3 is 0 Å². The molecule has 0 fully saturated rings. The molecule has 0 saturated heterocycles. The van der Waals surface area contributed by atoms with Crippen LogP contribution in [0, 0.1) is 5.92 Å². The van der Waals surface area contributed by atoms with E-state index in [-0.39, 0.29) is 0 Å². The van der Waals surface area contributed by atoms with Crippen molar-refractivity contribution in [3.63, 3.8) is 0 Å². The second-order valence-electron chi connectivity index (χ2n) is 3.53. The highest BCUT2D eigenvalue weighted by atomic mass is 35.5. The Bertz CT molecular complexity index is 171. The molecule has 0 aromatic carbocycles. The molecule has 0 aliphatic rings. The van der Waals surface area contributed by atoms with Gasteiger partial charge < -0.3 is 0 Å². The lowest BCUT2D eigenvalue weighted by Crippen LogP contribution is -1.89. The summed E-state index contributed by atoms with van der Waals surface area (Å²) in [6, 6.07) is 0. The molecule has 0 nitrogen and oxygen atoms in total. The maximum absolute atomic E-state index is 5.73. The van der Waals surface area contributed by atoms with Crippen molar-refractivity contribution in [2.45, 2.75) is 40.5 Å². The summed E-state index contributed by atoms with van der Waals surface area (Å²) >= 11 is 5.73. The summed E-state index contributed by atoms with van der Waals surface area (Å²) in [7, 11) is 0. The van der Waals surface area contributed by atoms with Gasteiger partial charge in [-0.3, -0.25) is 0 Å². The maximum Gasteiger partial charge on any atom is 0.0149 e. The second kappa shape index (κ2) is 6.30. The summed E-state index contributed by atoms with van der Waals surface area (Å²) in [6.07, 6.45) is 6.42. The van der Waals surface area contributed by atoms with E-state index in [2.05, 4.69) is 26.8 Å². The number of hydrogen-bond donors (Lipinski definition) is 0. The van der Waals surface area contributed by atoms with E-state index in [9.17, 15) is 0 Å².